The summed E-state index contributed by atoms with van der Waals surface area (Å²) in [6.45, 7) is 16.3. The Morgan fingerprint density at radius 1 is 0.895 bits per heavy atom. The summed E-state index contributed by atoms with van der Waals surface area (Å²) in [4.78, 5) is 0. The molecule has 0 bridgehead atoms. The molecule has 0 spiro atoms. The van der Waals surface area contributed by atoms with Crippen LogP contribution < -0.4 is 0 Å². The van der Waals surface area contributed by atoms with E-state index in [0.717, 1.165) is 12.8 Å². The van der Waals surface area contributed by atoms with Gasteiger partial charge in [-0.1, -0.05) is 45.9 Å². The van der Waals surface area contributed by atoms with Crippen molar-refractivity contribution in [2.45, 2.75) is 79.4 Å². The molecule has 0 saturated carbocycles. The minimum absolute atomic E-state index is 0.188. The fourth-order valence-electron chi connectivity index (χ4n) is 1.79. The normalized spacial score (nSPS) is 22.7. The highest BCUT2D eigenvalue weighted by molar-refractivity contribution is 6.55. The Labute approximate surface area is 120 Å². The molecule has 1 aliphatic heterocycles. The monoisotopic (exact) mass is 266 g/mol. The van der Waals surface area contributed by atoms with Gasteiger partial charge in [0.15, 0.2) is 0 Å². The molecule has 1 saturated heterocycles. The van der Waals surface area contributed by atoms with Crippen LogP contribution in [-0.2, 0) is 9.31 Å². The van der Waals surface area contributed by atoms with Crippen molar-refractivity contribution in [3.8, 4) is 0 Å². The fourth-order valence-corrected chi connectivity index (χ4v) is 1.79. The van der Waals surface area contributed by atoms with Gasteiger partial charge in [-0.2, -0.15) is 0 Å². The van der Waals surface area contributed by atoms with Crippen LogP contribution in [0.15, 0.2) is 23.7 Å². The van der Waals surface area contributed by atoms with Gasteiger partial charge in [0.05, 0.1) is 11.2 Å². The summed E-state index contributed by atoms with van der Waals surface area (Å²) in [5.74, 6) is 0. The van der Waals surface area contributed by atoms with E-state index in [2.05, 4.69) is 45.9 Å². The third kappa shape index (κ3) is 4.50. The Kier molecular flexibility index (Phi) is 7.69. The Balaban J connectivity index is 0.000000741. The predicted molar refractivity (Wildman–Crippen MR) is 85.2 cm³/mol. The van der Waals surface area contributed by atoms with Crippen molar-refractivity contribution in [1.29, 1.82) is 0 Å². The van der Waals surface area contributed by atoms with Gasteiger partial charge in [-0.25, -0.2) is 0 Å². The van der Waals surface area contributed by atoms with Crippen LogP contribution >= 0.6 is 0 Å². The zero-order valence-electron chi connectivity index (χ0n) is 14.0. The molecule has 0 radical (unpaired) electrons. The van der Waals surface area contributed by atoms with E-state index in [9.17, 15) is 0 Å². The minimum Gasteiger partial charge on any atom is -0.399 e. The van der Waals surface area contributed by atoms with Gasteiger partial charge in [-0.05, 0) is 46.0 Å². The van der Waals surface area contributed by atoms with Crippen molar-refractivity contribution >= 4 is 7.12 Å². The Bertz CT molecular complexity index is 301. The van der Waals surface area contributed by atoms with Crippen molar-refractivity contribution in [2.24, 2.45) is 0 Å². The molecule has 19 heavy (non-hydrogen) atoms. The maximum atomic E-state index is 5.96. The summed E-state index contributed by atoms with van der Waals surface area (Å²) in [6, 6.07) is 0. The van der Waals surface area contributed by atoms with Crippen LogP contribution in [0.5, 0.6) is 0 Å². The van der Waals surface area contributed by atoms with Gasteiger partial charge >= 0.3 is 7.12 Å². The van der Waals surface area contributed by atoms with Crippen LogP contribution in [-0.4, -0.2) is 18.3 Å². The second-order valence-corrected chi connectivity index (χ2v) is 5.27. The zero-order valence-corrected chi connectivity index (χ0v) is 14.0. The summed E-state index contributed by atoms with van der Waals surface area (Å²) in [6.07, 6.45) is 8.73. The summed E-state index contributed by atoms with van der Waals surface area (Å²) in [7, 11) is -0.188. The molecule has 0 aromatic rings. The van der Waals surface area contributed by atoms with Gasteiger partial charge in [-0.3, -0.25) is 0 Å². The van der Waals surface area contributed by atoms with Gasteiger partial charge in [0.25, 0.3) is 0 Å². The first-order valence-electron chi connectivity index (χ1n) is 7.65. The summed E-state index contributed by atoms with van der Waals surface area (Å²) >= 11 is 0. The number of allylic oxidation sites excluding steroid dienone is 4. The molecule has 110 valence electrons. The van der Waals surface area contributed by atoms with E-state index in [0.29, 0.717) is 0 Å². The molecule has 2 aliphatic rings. The van der Waals surface area contributed by atoms with E-state index in [1.165, 1.54) is 5.47 Å². The number of hydrogen-bond acceptors (Lipinski definition) is 2. The van der Waals surface area contributed by atoms with Crippen LogP contribution in [0.4, 0.5) is 0 Å². The summed E-state index contributed by atoms with van der Waals surface area (Å²) < 4.78 is 11.9. The molecular weight excluding hydrogens is 235 g/mol. The molecule has 0 aromatic carbocycles. The van der Waals surface area contributed by atoms with Gasteiger partial charge in [0, 0.05) is 0 Å². The third-order valence-electron chi connectivity index (χ3n) is 3.55. The highest BCUT2D eigenvalue weighted by Crippen LogP contribution is 2.39. The lowest BCUT2D eigenvalue weighted by molar-refractivity contribution is 0.00578. The van der Waals surface area contributed by atoms with Crippen molar-refractivity contribution < 1.29 is 9.31 Å². The van der Waals surface area contributed by atoms with E-state index in [-0.39, 0.29) is 18.3 Å². The lowest BCUT2D eigenvalue weighted by Gasteiger charge is -2.32. The standard InChI is InChI=1S/C12H19BO2.2C2H6/c1-11(2)12(3,4)15-13(14-11)10-8-6-5-7-9-10;2*1-2/h6,8-9H,5,7H2,1-4H3;2*1-2H3. The molecule has 3 heteroatoms. The van der Waals surface area contributed by atoms with Crippen LogP contribution in [0.25, 0.3) is 0 Å². The number of hydrogen-bond donors (Lipinski definition) is 0. The minimum atomic E-state index is -0.232. The van der Waals surface area contributed by atoms with Gasteiger partial charge in [0.1, 0.15) is 0 Å². The molecule has 0 atom stereocenters. The van der Waals surface area contributed by atoms with E-state index >= 15 is 0 Å². The van der Waals surface area contributed by atoms with E-state index < -0.39 is 0 Å². The Morgan fingerprint density at radius 3 is 1.74 bits per heavy atom. The highest BCUT2D eigenvalue weighted by Gasteiger charge is 2.51. The largest absolute Gasteiger partial charge is 0.494 e. The van der Waals surface area contributed by atoms with E-state index in [4.69, 9.17) is 9.31 Å². The first kappa shape index (κ1) is 18.5. The van der Waals surface area contributed by atoms with E-state index in [1.54, 1.807) is 0 Å². The molecule has 1 heterocycles. The van der Waals surface area contributed by atoms with Crippen LogP contribution in [0.2, 0.25) is 0 Å². The van der Waals surface area contributed by atoms with Crippen molar-refractivity contribution in [3.05, 3.63) is 23.7 Å². The molecule has 0 unspecified atom stereocenters. The van der Waals surface area contributed by atoms with Crippen molar-refractivity contribution in [3.63, 3.8) is 0 Å². The van der Waals surface area contributed by atoms with E-state index in [1.807, 2.05) is 27.7 Å². The summed E-state index contributed by atoms with van der Waals surface area (Å²) in [5.41, 5.74) is 0.702. The van der Waals surface area contributed by atoms with Crippen molar-refractivity contribution in [2.75, 3.05) is 0 Å². The quantitative estimate of drug-likeness (QED) is 0.625. The van der Waals surface area contributed by atoms with Crippen LogP contribution in [0, 0.1) is 0 Å². The van der Waals surface area contributed by atoms with Gasteiger partial charge in [0.2, 0.25) is 0 Å². The lowest BCUT2D eigenvalue weighted by atomic mass is 9.76. The smallest absolute Gasteiger partial charge is 0.399 e. The topological polar surface area (TPSA) is 18.5 Å². The Hall–Kier alpha value is -0.535. The Morgan fingerprint density at radius 2 is 1.37 bits per heavy atom. The molecule has 0 aromatic heterocycles. The fraction of sp³-hybridized carbons (Fsp3) is 0.750. The molecule has 2 rings (SSSR count). The van der Waals surface area contributed by atoms with Crippen LogP contribution in [0.3, 0.4) is 0 Å². The van der Waals surface area contributed by atoms with Crippen LogP contribution in [0.1, 0.15) is 68.2 Å². The summed E-state index contributed by atoms with van der Waals surface area (Å²) in [5, 5.41) is 0. The molecule has 0 N–H and O–H groups in total. The van der Waals surface area contributed by atoms with Crippen molar-refractivity contribution in [1.82, 2.24) is 0 Å². The predicted octanol–water partition coefficient (Wildman–Crippen LogP) is 4.95. The second kappa shape index (κ2) is 7.91. The SMILES string of the molecule is CC.CC.CC1(C)OB(C2=CCCC=C2)OC1(C)C. The second-order valence-electron chi connectivity index (χ2n) is 5.27. The molecule has 1 aliphatic carbocycles. The van der Waals surface area contributed by atoms with Gasteiger partial charge in [-0.15, -0.1) is 0 Å². The zero-order chi connectivity index (χ0) is 15.1. The first-order chi connectivity index (χ1) is 8.92. The first-order valence-corrected chi connectivity index (χ1v) is 7.65. The average Bonchev–Trinajstić information content (AvgIpc) is 2.64. The molecule has 2 nitrogen and oxygen atoms in total. The average molecular weight is 266 g/mol. The molecule has 0 amide bonds. The number of rotatable bonds is 1. The molecule has 1 fully saturated rings. The highest BCUT2D eigenvalue weighted by atomic mass is 16.7. The molecular formula is C16H31BO2. The maximum absolute atomic E-state index is 5.96. The van der Waals surface area contributed by atoms with Gasteiger partial charge < -0.3 is 9.31 Å². The maximum Gasteiger partial charge on any atom is 0.494 e. The lowest BCUT2D eigenvalue weighted by Crippen LogP contribution is -2.41. The third-order valence-corrected chi connectivity index (χ3v) is 3.55.